The summed E-state index contributed by atoms with van der Waals surface area (Å²) in [4.78, 5) is 23.8. The first-order valence-corrected chi connectivity index (χ1v) is 6.94. The molecular weight excluding hydrogens is 280 g/mol. The van der Waals surface area contributed by atoms with Crippen LogP contribution < -0.4 is 10.6 Å². The van der Waals surface area contributed by atoms with Crippen LogP contribution in [-0.4, -0.2) is 39.0 Å². The van der Waals surface area contributed by atoms with E-state index in [9.17, 15) is 9.59 Å². The highest BCUT2D eigenvalue weighted by molar-refractivity contribution is 7.12. The van der Waals surface area contributed by atoms with Crippen molar-refractivity contribution in [3.8, 4) is 0 Å². The Bertz CT molecular complexity index is 539. The number of nitrogens with zero attached hydrogens (tertiary/aromatic N) is 3. The summed E-state index contributed by atoms with van der Waals surface area (Å²) in [5.41, 5.74) is 0. The molecule has 0 radical (unpaired) electrons. The zero-order valence-corrected chi connectivity index (χ0v) is 11.4. The van der Waals surface area contributed by atoms with Crippen LogP contribution in [0, 0.1) is 0 Å². The molecule has 0 fully saturated rings. The molecule has 2 aromatic heterocycles. The lowest BCUT2D eigenvalue weighted by Gasteiger charge is -2.04. The van der Waals surface area contributed by atoms with E-state index in [1.807, 2.05) is 11.4 Å². The van der Waals surface area contributed by atoms with Crippen molar-refractivity contribution in [1.82, 2.24) is 31.3 Å². The number of aromatic amines is 1. The second-order valence-electron chi connectivity index (χ2n) is 3.94. The Balaban J connectivity index is 1.56. The molecule has 2 amide bonds. The molecule has 0 aliphatic carbocycles. The smallest absolute Gasteiger partial charge is 0.261 e. The molecule has 3 N–H and O–H groups in total. The first kappa shape index (κ1) is 14.1. The van der Waals surface area contributed by atoms with Crippen LogP contribution in [0.2, 0.25) is 0 Å². The molecule has 0 aromatic carbocycles. The van der Waals surface area contributed by atoms with E-state index in [2.05, 4.69) is 31.3 Å². The number of rotatable bonds is 7. The Labute approximate surface area is 119 Å². The first-order chi connectivity index (χ1) is 9.75. The van der Waals surface area contributed by atoms with Crippen LogP contribution in [0.5, 0.6) is 0 Å². The van der Waals surface area contributed by atoms with Crippen molar-refractivity contribution in [2.45, 2.75) is 19.4 Å². The van der Waals surface area contributed by atoms with Gasteiger partial charge in [0.25, 0.3) is 5.91 Å². The van der Waals surface area contributed by atoms with Gasteiger partial charge < -0.3 is 10.6 Å². The molecular formula is C11H14N6O2S. The molecule has 0 atom stereocenters. The van der Waals surface area contributed by atoms with Gasteiger partial charge in [-0.15, -0.1) is 21.5 Å². The Hall–Kier alpha value is -2.29. The van der Waals surface area contributed by atoms with Gasteiger partial charge in [-0.25, -0.2) is 0 Å². The van der Waals surface area contributed by atoms with Gasteiger partial charge in [-0.3, -0.25) is 9.59 Å². The zero-order chi connectivity index (χ0) is 14.2. The normalized spacial score (nSPS) is 10.2. The Morgan fingerprint density at radius 3 is 2.95 bits per heavy atom. The van der Waals surface area contributed by atoms with Crippen molar-refractivity contribution in [1.29, 1.82) is 0 Å². The highest BCUT2D eigenvalue weighted by atomic mass is 32.1. The summed E-state index contributed by atoms with van der Waals surface area (Å²) in [5, 5.41) is 20.4. The predicted molar refractivity (Wildman–Crippen MR) is 71.9 cm³/mol. The lowest BCUT2D eigenvalue weighted by atomic mass is 10.3. The van der Waals surface area contributed by atoms with Gasteiger partial charge in [0.1, 0.15) is 0 Å². The third-order valence-electron chi connectivity index (χ3n) is 2.44. The van der Waals surface area contributed by atoms with Crippen LogP contribution >= 0.6 is 11.3 Å². The first-order valence-electron chi connectivity index (χ1n) is 6.06. The Morgan fingerprint density at radius 1 is 1.35 bits per heavy atom. The molecule has 106 valence electrons. The predicted octanol–water partition coefficient (Wildman–Crippen LogP) is 0.0876. The van der Waals surface area contributed by atoms with Crippen molar-refractivity contribution in [3.63, 3.8) is 0 Å². The van der Waals surface area contributed by atoms with E-state index in [4.69, 9.17) is 0 Å². The maximum Gasteiger partial charge on any atom is 0.261 e. The van der Waals surface area contributed by atoms with Gasteiger partial charge in [-0.1, -0.05) is 11.3 Å². The van der Waals surface area contributed by atoms with E-state index in [0.29, 0.717) is 30.1 Å². The van der Waals surface area contributed by atoms with Crippen LogP contribution in [0.25, 0.3) is 0 Å². The molecule has 20 heavy (non-hydrogen) atoms. The highest BCUT2D eigenvalue weighted by Gasteiger charge is 2.06. The maximum absolute atomic E-state index is 11.6. The van der Waals surface area contributed by atoms with Gasteiger partial charge in [0.05, 0.1) is 11.4 Å². The lowest BCUT2D eigenvalue weighted by Crippen LogP contribution is -2.27. The molecule has 2 aromatic rings. The van der Waals surface area contributed by atoms with E-state index in [1.54, 1.807) is 6.07 Å². The van der Waals surface area contributed by atoms with E-state index in [-0.39, 0.29) is 18.4 Å². The second kappa shape index (κ2) is 7.34. The molecule has 0 spiro atoms. The summed E-state index contributed by atoms with van der Waals surface area (Å²) in [7, 11) is 0. The van der Waals surface area contributed by atoms with Crippen molar-refractivity contribution in [3.05, 3.63) is 28.2 Å². The molecule has 0 aliphatic rings. The molecule has 0 unspecified atom stereocenters. The molecule has 0 bridgehead atoms. The van der Waals surface area contributed by atoms with Gasteiger partial charge >= 0.3 is 0 Å². The topological polar surface area (TPSA) is 113 Å². The SMILES string of the molecule is O=C(CCCNC(=O)c1cccs1)NCc1nn[nH]n1. The monoisotopic (exact) mass is 294 g/mol. The average Bonchev–Trinajstić information content (AvgIpc) is 3.13. The van der Waals surface area contributed by atoms with Crippen LogP contribution in [0.1, 0.15) is 28.3 Å². The highest BCUT2D eigenvalue weighted by Crippen LogP contribution is 2.07. The standard InChI is InChI=1S/C11H14N6O2S/c18-10(13-7-9-14-16-17-15-9)4-1-5-12-11(19)8-3-2-6-20-8/h2-3,6H,1,4-5,7H2,(H,12,19)(H,13,18)(H,14,15,16,17). The quantitative estimate of drug-likeness (QED) is 0.626. The molecule has 0 saturated heterocycles. The lowest BCUT2D eigenvalue weighted by molar-refractivity contribution is -0.121. The summed E-state index contributed by atoms with van der Waals surface area (Å²) in [6.07, 6.45) is 0.914. The fourth-order valence-corrected chi connectivity index (χ4v) is 2.11. The number of amides is 2. The van der Waals surface area contributed by atoms with Crippen molar-refractivity contribution in [2.24, 2.45) is 0 Å². The van der Waals surface area contributed by atoms with Crippen molar-refractivity contribution >= 4 is 23.2 Å². The minimum atomic E-state index is -0.111. The van der Waals surface area contributed by atoms with Gasteiger partial charge in [-0.2, -0.15) is 5.21 Å². The van der Waals surface area contributed by atoms with Crippen LogP contribution in [0.4, 0.5) is 0 Å². The number of tetrazole rings is 1. The summed E-state index contributed by atoms with van der Waals surface area (Å²) < 4.78 is 0. The molecule has 2 heterocycles. The van der Waals surface area contributed by atoms with Crippen LogP contribution in [0.3, 0.4) is 0 Å². The average molecular weight is 294 g/mol. The number of aromatic nitrogens is 4. The number of nitrogens with one attached hydrogen (secondary N) is 3. The van der Waals surface area contributed by atoms with Crippen LogP contribution in [-0.2, 0) is 11.3 Å². The molecule has 0 saturated carbocycles. The molecule has 0 aliphatic heterocycles. The van der Waals surface area contributed by atoms with E-state index in [1.165, 1.54) is 11.3 Å². The number of hydrogen-bond acceptors (Lipinski definition) is 6. The van der Waals surface area contributed by atoms with Gasteiger partial charge in [-0.05, 0) is 17.9 Å². The zero-order valence-electron chi connectivity index (χ0n) is 10.6. The number of hydrogen-bond donors (Lipinski definition) is 3. The largest absolute Gasteiger partial charge is 0.351 e. The van der Waals surface area contributed by atoms with Crippen LogP contribution in [0.15, 0.2) is 17.5 Å². The van der Waals surface area contributed by atoms with Crippen molar-refractivity contribution < 1.29 is 9.59 Å². The van der Waals surface area contributed by atoms with Gasteiger partial charge in [0.15, 0.2) is 5.82 Å². The maximum atomic E-state index is 11.6. The van der Waals surface area contributed by atoms with E-state index >= 15 is 0 Å². The minimum absolute atomic E-state index is 0.104. The summed E-state index contributed by atoms with van der Waals surface area (Å²) in [6.45, 7) is 0.712. The summed E-state index contributed by atoms with van der Waals surface area (Å²) in [5.74, 6) is 0.219. The summed E-state index contributed by atoms with van der Waals surface area (Å²) >= 11 is 1.39. The third-order valence-corrected chi connectivity index (χ3v) is 3.31. The van der Waals surface area contributed by atoms with Crippen molar-refractivity contribution in [2.75, 3.05) is 6.54 Å². The van der Waals surface area contributed by atoms with Gasteiger partial charge in [0, 0.05) is 13.0 Å². The van der Waals surface area contributed by atoms with E-state index in [0.717, 1.165) is 0 Å². The number of carbonyl (C=O) groups excluding carboxylic acids is 2. The third kappa shape index (κ3) is 4.43. The summed E-state index contributed by atoms with van der Waals surface area (Å²) in [6, 6.07) is 3.59. The second-order valence-corrected chi connectivity index (χ2v) is 4.89. The molecule has 8 nitrogen and oxygen atoms in total. The Morgan fingerprint density at radius 2 is 2.25 bits per heavy atom. The number of H-pyrrole nitrogens is 1. The minimum Gasteiger partial charge on any atom is -0.351 e. The molecule has 2 rings (SSSR count). The fourth-order valence-electron chi connectivity index (χ4n) is 1.47. The van der Waals surface area contributed by atoms with Gasteiger partial charge in [0.2, 0.25) is 5.91 Å². The Kier molecular flexibility index (Phi) is 5.18. The van der Waals surface area contributed by atoms with E-state index < -0.39 is 0 Å². The number of thiophene rings is 1. The molecule has 9 heteroatoms. The number of carbonyl (C=O) groups is 2. The fraction of sp³-hybridized carbons (Fsp3) is 0.364.